The van der Waals surface area contributed by atoms with Crippen LogP contribution in [0, 0.1) is 6.92 Å². The monoisotopic (exact) mass is 298 g/mol. The van der Waals surface area contributed by atoms with Gasteiger partial charge in [-0.2, -0.15) is 0 Å². The van der Waals surface area contributed by atoms with Gasteiger partial charge in [-0.1, -0.05) is 6.92 Å². The maximum atomic E-state index is 11.6. The third kappa shape index (κ3) is 6.91. The highest BCUT2D eigenvalue weighted by Gasteiger charge is 2.16. The summed E-state index contributed by atoms with van der Waals surface area (Å²) in [6.07, 6.45) is 0.602. The first-order valence-corrected chi connectivity index (χ1v) is 7.87. The number of alkyl carbamates (subject to hydrolysis) is 1. The number of ether oxygens (including phenoxy) is 1. The van der Waals surface area contributed by atoms with Gasteiger partial charge < -0.3 is 15.4 Å². The van der Waals surface area contributed by atoms with Gasteiger partial charge in [0.1, 0.15) is 5.60 Å². The van der Waals surface area contributed by atoms with Gasteiger partial charge in [-0.3, -0.25) is 0 Å². The van der Waals surface area contributed by atoms with E-state index in [-0.39, 0.29) is 12.1 Å². The Balaban J connectivity index is 2.30. The summed E-state index contributed by atoms with van der Waals surface area (Å²) in [6.45, 7) is 11.2. The molecule has 0 bridgehead atoms. The smallest absolute Gasteiger partial charge is 0.407 e. The van der Waals surface area contributed by atoms with Crippen LogP contribution in [0.3, 0.4) is 0 Å². The average molecular weight is 298 g/mol. The van der Waals surface area contributed by atoms with Crippen LogP contribution in [0.5, 0.6) is 0 Å². The summed E-state index contributed by atoms with van der Waals surface area (Å²) in [5.41, 5.74) is -0.451. The van der Waals surface area contributed by atoms with Gasteiger partial charge in [-0.25, -0.2) is 4.79 Å². The van der Waals surface area contributed by atoms with E-state index in [1.807, 2.05) is 20.8 Å². The van der Waals surface area contributed by atoms with E-state index < -0.39 is 5.60 Å². The van der Waals surface area contributed by atoms with Crippen LogP contribution in [-0.4, -0.2) is 24.3 Å². The van der Waals surface area contributed by atoms with Crippen molar-refractivity contribution < 1.29 is 9.53 Å². The molecule has 4 nitrogen and oxygen atoms in total. The highest BCUT2D eigenvalue weighted by Crippen LogP contribution is 2.14. The second-order valence-electron chi connectivity index (χ2n) is 5.88. The normalized spacial score (nSPS) is 13.1. The lowest BCUT2D eigenvalue weighted by Crippen LogP contribution is -2.42. The largest absolute Gasteiger partial charge is 0.444 e. The Morgan fingerprint density at radius 1 is 1.40 bits per heavy atom. The van der Waals surface area contributed by atoms with E-state index in [1.165, 1.54) is 9.75 Å². The molecule has 1 aromatic rings. The van der Waals surface area contributed by atoms with Crippen LogP contribution in [0.4, 0.5) is 4.79 Å². The summed E-state index contributed by atoms with van der Waals surface area (Å²) in [5, 5.41) is 6.27. The van der Waals surface area contributed by atoms with E-state index in [2.05, 4.69) is 36.6 Å². The fourth-order valence-electron chi connectivity index (χ4n) is 1.71. The predicted octanol–water partition coefficient (Wildman–Crippen LogP) is 3.45. The zero-order valence-electron chi connectivity index (χ0n) is 13.1. The molecule has 1 atom stereocenters. The van der Waals surface area contributed by atoms with Gasteiger partial charge in [0.2, 0.25) is 0 Å². The van der Waals surface area contributed by atoms with Gasteiger partial charge in [0, 0.05) is 28.9 Å². The molecule has 1 aromatic heterocycles. The number of aryl methyl sites for hydroxylation is 1. The molecule has 0 aliphatic carbocycles. The van der Waals surface area contributed by atoms with Crippen LogP contribution in [0.1, 0.15) is 43.9 Å². The molecule has 0 saturated carbocycles. The van der Waals surface area contributed by atoms with E-state index in [0.29, 0.717) is 6.54 Å². The molecule has 114 valence electrons. The Labute approximate surface area is 125 Å². The number of hydrogen-bond acceptors (Lipinski definition) is 4. The van der Waals surface area contributed by atoms with Crippen molar-refractivity contribution in [1.82, 2.24) is 10.6 Å². The Morgan fingerprint density at radius 3 is 2.60 bits per heavy atom. The van der Waals surface area contributed by atoms with Gasteiger partial charge in [-0.05, 0) is 46.2 Å². The lowest BCUT2D eigenvalue weighted by molar-refractivity contribution is 0.0522. The summed E-state index contributed by atoms with van der Waals surface area (Å²) in [6, 6.07) is 4.52. The molecule has 1 rings (SSSR count). The van der Waals surface area contributed by atoms with Gasteiger partial charge in [-0.15, -0.1) is 11.3 Å². The number of rotatable bonds is 6. The first-order chi connectivity index (χ1) is 9.30. The first-order valence-electron chi connectivity index (χ1n) is 7.05. The molecule has 2 N–H and O–H groups in total. The van der Waals surface area contributed by atoms with Crippen LogP contribution in [-0.2, 0) is 11.3 Å². The molecule has 0 fully saturated rings. The van der Waals surface area contributed by atoms with Crippen molar-refractivity contribution in [2.45, 2.75) is 59.2 Å². The van der Waals surface area contributed by atoms with Crippen LogP contribution in [0.15, 0.2) is 12.1 Å². The zero-order chi connectivity index (χ0) is 15.2. The Bertz CT molecular complexity index is 424. The van der Waals surface area contributed by atoms with Crippen LogP contribution >= 0.6 is 11.3 Å². The minimum absolute atomic E-state index is 0.255. The summed E-state index contributed by atoms with van der Waals surface area (Å²) in [7, 11) is 0. The molecule has 0 spiro atoms. The van der Waals surface area contributed by atoms with Gasteiger partial charge in [0.15, 0.2) is 0 Å². The van der Waals surface area contributed by atoms with Gasteiger partial charge in [0.25, 0.3) is 0 Å². The molecule has 0 aliphatic heterocycles. The summed E-state index contributed by atoms with van der Waals surface area (Å²) < 4.78 is 5.22. The highest BCUT2D eigenvalue weighted by molar-refractivity contribution is 7.11. The van der Waals surface area contributed by atoms with Crippen molar-refractivity contribution in [1.29, 1.82) is 0 Å². The standard InChI is InChI=1S/C15H26N2O2S/c1-6-12(9-17-14(18)19-15(3,4)5)16-10-13-8-7-11(2)20-13/h7-8,12,16H,6,9-10H2,1-5H3,(H,17,18). The van der Waals surface area contributed by atoms with Gasteiger partial charge in [0.05, 0.1) is 0 Å². The quantitative estimate of drug-likeness (QED) is 0.845. The lowest BCUT2D eigenvalue weighted by Gasteiger charge is -2.22. The van der Waals surface area contributed by atoms with E-state index in [9.17, 15) is 4.79 Å². The molecule has 1 heterocycles. The molecule has 1 amide bonds. The molecule has 20 heavy (non-hydrogen) atoms. The molecule has 0 saturated heterocycles. The molecular formula is C15H26N2O2S. The summed E-state index contributed by atoms with van der Waals surface area (Å²) >= 11 is 1.80. The van der Waals surface area contributed by atoms with Crippen molar-refractivity contribution in [2.75, 3.05) is 6.54 Å². The van der Waals surface area contributed by atoms with Crippen molar-refractivity contribution in [2.24, 2.45) is 0 Å². The molecule has 0 radical (unpaired) electrons. The predicted molar refractivity (Wildman–Crippen MR) is 84.2 cm³/mol. The van der Waals surface area contributed by atoms with E-state index >= 15 is 0 Å². The molecule has 0 aromatic carbocycles. The van der Waals surface area contributed by atoms with Crippen molar-refractivity contribution in [3.8, 4) is 0 Å². The lowest BCUT2D eigenvalue weighted by atomic mass is 10.2. The minimum atomic E-state index is -0.451. The number of hydrogen-bond donors (Lipinski definition) is 2. The summed E-state index contributed by atoms with van der Waals surface area (Å²) in [5.74, 6) is 0. The summed E-state index contributed by atoms with van der Waals surface area (Å²) in [4.78, 5) is 14.2. The van der Waals surface area contributed by atoms with Crippen LogP contribution in [0.25, 0.3) is 0 Å². The van der Waals surface area contributed by atoms with E-state index in [4.69, 9.17) is 4.74 Å². The first kappa shape index (κ1) is 17.0. The van der Waals surface area contributed by atoms with Crippen molar-refractivity contribution in [3.05, 3.63) is 21.9 Å². The zero-order valence-corrected chi connectivity index (χ0v) is 13.9. The Hall–Kier alpha value is -1.07. The van der Waals surface area contributed by atoms with E-state index in [0.717, 1.165) is 13.0 Å². The number of amides is 1. The minimum Gasteiger partial charge on any atom is -0.444 e. The Morgan fingerprint density at radius 2 is 2.10 bits per heavy atom. The maximum Gasteiger partial charge on any atom is 0.407 e. The second-order valence-corrected chi connectivity index (χ2v) is 7.25. The third-order valence-electron chi connectivity index (χ3n) is 2.75. The van der Waals surface area contributed by atoms with Gasteiger partial charge >= 0.3 is 6.09 Å². The third-order valence-corrected chi connectivity index (χ3v) is 3.75. The second kappa shape index (κ2) is 7.64. The molecular weight excluding hydrogens is 272 g/mol. The fraction of sp³-hybridized carbons (Fsp3) is 0.667. The molecule has 1 unspecified atom stereocenters. The Kier molecular flexibility index (Phi) is 6.49. The molecule has 0 aliphatic rings. The SMILES string of the molecule is CCC(CNC(=O)OC(C)(C)C)NCc1ccc(C)s1. The number of thiophene rings is 1. The highest BCUT2D eigenvalue weighted by atomic mass is 32.1. The van der Waals surface area contributed by atoms with Crippen LogP contribution in [0.2, 0.25) is 0 Å². The number of carbonyl (C=O) groups excluding carboxylic acids is 1. The molecule has 5 heteroatoms. The van der Waals surface area contributed by atoms with Crippen molar-refractivity contribution >= 4 is 17.4 Å². The number of nitrogens with one attached hydrogen (secondary N) is 2. The van der Waals surface area contributed by atoms with Crippen LogP contribution < -0.4 is 10.6 Å². The van der Waals surface area contributed by atoms with E-state index in [1.54, 1.807) is 11.3 Å². The maximum absolute atomic E-state index is 11.6. The van der Waals surface area contributed by atoms with Crippen molar-refractivity contribution in [3.63, 3.8) is 0 Å². The topological polar surface area (TPSA) is 50.4 Å². The average Bonchev–Trinajstić information content (AvgIpc) is 2.73. The number of carbonyl (C=O) groups is 1. The fourth-order valence-corrected chi connectivity index (χ4v) is 2.55.